The van der Waals surface area contributed by atoms with Crippen LogP contribution >= 0.6 is 0 Å². The number of benzene rings is 3. The molecular formula is C35H43N3O6. The Labute approximate surface area is 259 Å². The number of carboxylic acid groups (broad SMARTS) is 1. The van der Waals surface area contributed by atoms with Crippen molar-refractivity contribution in [3.05, 3.63) is 90.0 Å². The summed E-state index contributed by atoms with van der Waals surface area (Å²) in [5.74, 6) is 0. The summed E-state index contributed by atoms with van der Waals surface area (Å²) < 4.78 is 10.7. The summed E-state index contributed by atoms with van der Waals surface area (Å²) in [5, 5.41) is 16.2. The monoisotopic (exact) mass is 601 g/mol. The molecule has 9 nitrogen and oxygen atoms in total. The molecule has 4 rings (SSSR count). The van der Waals surface area contributed by atoms with Crippen LogP contribution < -0.4 is 15.5 Å². The Bertz CT molecular complexity index is 1380. The summed E-state index contributed by atoms with van der Waals surface area (Å²) in [7, 11) is 0. The van der Waals surface area contributed by atoms with Gasteiger partial charge in [0, 0.05) is 24.2 Å². The first-order chi connectivity index (χ1) is 21.1. The molecule has 0 heterocycles. The molecule has 0 aromatic heterocycles. The van der Waals surface area contributed by atoms with Gasteiger partial charge in [0.15, 0.2) is 0 Å². The number of amides is 3. The summed E-state index contributed by atoms with van der Waals surface area (Å²) in [6, 6.07) is 24.9. The Morgan fingerprint density at radius 1 is 0.864 bits per heavy atom. The molecule has 0 aliphatic heterocycles. The number of nitrogens with one attached hydrogen (secondary N) is 2. The average molecular weight is 602 g/mol. The van der Waals surface area contributed by atoms with Crippen molar-refractivity contribution < 1.29 is 29.0 Å². The lowest BCUT2D eigenvalue weighted by atomic mass is 9.89. The van der Waals surface area contributed by atoms with E-state index in [1.54, 1.807) is 0 Å². The number of alkyl carbamates (subject to hydrolysis) is 2. The molecule has 1 aliphatic rings. The van der Waals surface area contributed by atoms with Gasteiger partial charge in [-0.25, -0.2) is 14.4 Å². The molecule has 44 heavy (non-hydrogen) atoms. The maximum Gasteiger partial charge on any atom is 0.412 e. The highest BCUT2D eigenvalue weighted by Crippen LogP contribution is 2.36. The Kier molecular flexibility index (Phi) is 11.2. The van der Waals surface area contributed by atoms with Crippen molar-refractivity contribution in [2.24, 2.45) is 0 Å². The number of carbonyl (C=O) groups is 3. The molecule has 0 radical (unpaired) electrons. The topological polar surface area (TPSA) is 117 Å². The van der Waals surface area contributed by atoms with Gasteiger partial charge in [0.2, 0.25) is 0 Å². The molecule has 0 unspecified atom stereocenters. The van der Waals surface area contributed by atoms with Crippen molar-refractivity contribution in [1.29, 1.82) is 0 Å². The first-order valence-corrected chi connectivity index (χ1v) is 15.2. The van der Waals surface area contributed by atoms with Crippen LogP contribution in [0.2, 0.25) is 0 Å². The molecule has 1 saturated carbocycles. The number of nitrogens with zero attached hydrogens (tertiary/aromatic N) is 1. The fraction of sp³-hybridized carbons (Fsp3) is 0.400. The molecule has 3 amide bonds. The maximum absolute atomic E-state index is 12.8. The van der Waals surface area contributed by atoms with E-state index in [-0.39, 0.29) is 18.7 Å². The SMILES string of the molecule is CC(C)(C)OC(=O)NC1CCC(N(C(=O)O)c2cc(CCCNC(=O)OCc3ccccc3)ccc2-c2ccccc2)CC1. The van der Waals surface area contributed by atoms with Crippen LogP contribution in [0.25, 0.3) is 11.1 Å². The van der Waals surface area contributed by atoms with Crippen molar-refractivity contribution >= 4 is 24.0 Å². The summed E-state index contributed by atoms with van der Waals surface area (Å²) >= 11 is 0. The molecule has 1 fully saturated rings. The summed E-state index contributed by atoms with van der Waals surface area (Å²) in [6.07, 6.45) is 1.92. The second-order valence-corrected chi connectivity index (χ2v) is 12.1. The minimum atomic E-state index is -1.01. The standard InChI is InChI=1S/C35H43N3O6/c1-35(2,3)44-33(40)37-28-17-19-29(20-18-28)38(34(41)42)31-23-25(16-21-30(31)27-14-8-5-9-15-27)13-10-22-36-32(39)43-24-26-11-6-4-7-12-26/h4-9,11-12,14-16,21,23,28-29H,10,13,17-20,22,24H2,1-3H3,(H,36,39)(H,37,40)(H,41,42). The highest BCUT2D eigenvalue weighted by atomic mass is 16.6. The maximum atomic E-state index is 12.8. The van der Waals surface area contributed by atoms with Crippen molar-refractivity contribution in [3.8, 4) is 11.1 Å². The molecule has 3 aromatic carbocycles. The number of ether oxygens (including phenoxy) is 2. The van der Waals surface area contributed by atoms with Gasteiger partial charge in [-0.2, -0.15) is 0 Å². The van der Waals surface area contributed by atoms with Gasteiger partial charge in [-0.05, 0) is 82.1 Å². The van der Waals surface area contributed by atoms with Gasteiger partial charge in [-0.1, -0.05) is 72.8 Å². The summed E-state index contributed by atoms with van der Waals surface area (Å²) in [4.78, 5) is 38.7. The lowest BCUT2D eigenvalue weighted by Crippen LogP contribution is -2.47. The van der Waals surface area contributed by atoms with Crippen LogP contribution in [0.1, 0.15) is 64.0 Å². The third-order valence-electron chi connectivity index (χ3n) is 7.52. The number of aryl methyl sites for hydroxylation is 1. The predicted molar refractivity (Wildman–Crippen MR) is 171 cm³/mol. The molecule has 9 heteroatoms. The third kappa shape index (κ3) is 9.76. The van der Waals surface area contributed by atoms with E-state index >= 15 is 0 Å². The molecule has 0 bridgehead atoms. The first-order valence-electron chi connectivity index (χ1n) is 15.2. The lowest BCUT2D eigenvalue weighted by Gasteiger charge is -2.36. The van der Waals surface area contributed by atoms with Gasteiger partial charge in [0.25, 0.3) is 0 Å². The minimum Gasteiger partial charge on any atom is -0.465 e. The van der Waals surface area contributed by atoms with Crippen LogP contribution in [0, 0.1) is 0 Å². The molecule has 0 spiro atoms. The largest absolute Gasteiger partial charge is 0.465 e. The van der Waals surface area contributed by atoms with E-state index < -0.39 is 23.9 Å². The van der Waals surface area contributed by atoms with Crippen molar-refractivity contribution in [1.82, 2.24) is 10.6 Å². The Morgan fingerprint density at radius 2 is 1.52 bits per heavy atom. The zero-order valence-corrected chi connectivity index (χ0v) is 25.8. The van der Waals surface area contributed by atoms with Gasteiger partial charge in [0.1, 0.15) is 12.2 Å². The molecule has 234 valence electrons. The second-order valence-electron chi connectivity index (χ2n) is 12.1. The summed E-state index contributed by atoms with van der Waals surface area (Å²) in [5.41, 5.74) is 3.73. The Hall–Kier alpha value is -4.53. The van der Waals surface area contributed by atoms with Gasteiger partial charge >= 0.3 is 18.3 Å². The molecule has 3 aromatic rings. The number of hydrogen-bond acceptors (Lipinski definition) is 5. The highest BCUT2D eigenvalue weighted by molar-refractivity contribution is 5.93. The van der Waals surface area contributed by atoms with E-state index in [4.69, 9.17) is 9.47 Å². The zero-order valence-electron chi connectivity index (χ0n) is 25.8. The van der Waals surface area contributed by atoms with Crippen LogP contribution in [0.4, 0.5) is 20.1 Å². The van der Waals surface area contributed by atoms with E-state index in [1.165, 1.54) is 4.90 Å². The van der Waals surface area contributed by atoms with Gasteiger partial charge in [-0.3, -0.25) is 4.90 Å². The van der Waals surface area contributed by atoms with Crippen molar-refractivity contribution in [2.75, 3.05) is 11.4 Å². The van der Waals surface area contributed by atoms with Crippen LogP contribution in [-0.2, 0) is 22.5 Å². The number of hydrogen-bond donors (Lipinski definition) is 3. The van der Waals surface area contributed by atoms with Gasteiger partial charge in [-0.15, -0.1) is 0 Å². The Balaban J connectivity index is 1.41. The first kappa shape index (κ1) is 32.4. The molecular weight excluding hydrogens is 558 g/mol. The predicted octanol–water partition coefficient (Wildman–Crippen LogP) is 7.53. The Morgan fingerprint density at radius 3 is 2.16 bits per heavy atom. The fourth-order valence-electron chi connectivity index (χ4n) is 5.46. The zero-order chi connectivity index (χ0) is 31.5. The average Bonchev–Trinajstić information content (AvgIpc) is 2.99. The van der Waals surface area contributed by atoms with Crippen molar-refractivity contribution in [3.63, 3.8) is 0 Å². The molecule has 1 aliphatic carbocycles. The van der Waals surface area contributed by atoms with Crippen LogP contribution in [0.15, 0.2) is 78.9 Å². The molecule has 0 atom stereocenters. The van der Waals surface area contributed by atoms with E-state index in [0.29, 0.717) is 50.8 Å². The van der Waals surface area contributed by atoms with Crippen LogP contribution in [0.5, 0.6) is 0 Å². The van der Waals surface area contributed by atoms with Crippen LogP contribution in [-0.4, -0.2) is 47.6 Å². The van der Waals surface area contributed by atoms with Crippen LogP contribution in [0.3, 0.4) is 0 Å². The molecule has 3 N–H and O–H groups in total. The third-order valence-corrected chi connectivity index (χ3v) is 7.52. The molecule has 0 saturated heterocycles. The van der Waals surface area contributed by atoms with Crippen molar-refractivity contribution in [2.45, 2.75) is 83.6 Å². The second kappa shape index (κ2) is 15.3. The van der Waals surface area contributed by atoms with E-state index in [0.717, 1.165) is 22.3 Å². The normalized spacial score (nSPS) is 16.4. The number of carbonyl (C=O) groups excluding carboxylic acids is 2. The fourth-order valence-corrected chi connectivity index (χ4v) is 5.46. The van der Waals surface area contributed by atoms with Gasteiger partial charge < -0.3 is 25.2 Å². The van der Waals surface area contributed by atoms with E-state index in [9.17, 15) is 19.5 Å². The number of rotatable bonds is 10. The minimum absolute atomic E-state index is 0.0662. The summed E-state index contributed by atoms with van der Waals surface area (Å²) in [6.45, 7) is 6.11. The highest BCUT2D eigenvalue weighted by Gasteiger charge is 2.32. The number of anilines is 1. The lowest BCUT2D eigenvalue weighted by molar-refractivity contribution is 0.0490. The van der Waals surface area contributed by atoms with Gasteiger partial charge in [0.05, 0.1) is 5.69 Å². The smallest absolute Gasteiger partial charge is 0.412 e. The van der Waals surface area contributed by atoms with E-state index in [1.807, 2.05) is 99.6 Å². The quantitative estimate of drug-likeness (QED) is 0.207. The van der Waals surface area contributed by atoms with E-state index in [2.05, 4.69) is 10.6 Å².